The van der Waals surface area contributed by atoms with Gasteiger partial charge in [0.25, 0.3) is 0 Å². The van der Waals surface area contributed by atoms with Crippen LogP contribution >= 0.6 is 11.8 Å². The summed E-state index contributed by atoms with van der Waals surface area (Å²) in [6.07, 6.45) is 0.331. The number of aryl methyl sites for hydroxylation is 2. The van der Waals surface area contributed by atoms with Crippen LogP contribution in [0.2, 0.25) is 0 Å². The van der Waals surface area contributed by atoms with Crippen molar-refractivity contribution in [3.8, 4) is 22.6 Å². The van der Waals surface area contributed by atoms with Gasteiger partial charge in [0, 0.05) is 38.7 Å². The van der Waals surface area contributed by atoms with Crippen LogP contribution in [0.1, 0.15) is 34.1 Å². The van der Waals surface area contributed by atoms with Crippen molar-refractivity contribution in [2.75, 3.05) is 0 Å². The van der Waals surface area contributed by atoms with Gasteiger partial charge < -0.3 is 24.3 Å². The van der Waals surface area contributed by atoms with Crippen LogP contribution in [-0.2, 0) is 0 Å². The van der Waals surface area contributed by atoms with Crippen LogP contribution in [0.3, 0.4) is 0 Å². The van der Waals surface area contributed by atoms with Gasteiger partial charge in [0.05, 0.1) is 22.0 Å². The Balaban J connectivity index is 1.45. The maximum Gasteiger partial charge on any atom is 0.162 e. The van der Waals surface area contributed by atoms with E-state index >= 15 is 0 Å². The molecule has 0 amide bonds. The number of phenols is 1. The summed E-state index contributed by atoms with van der Waals surface area (Å²) < 4.78 is 8.42. The molecule has 4 aromatic carbocycles. The zero-order chi connectivity index (χ0) is 25.9. The SMILES string of the molecule is Cc1cc(O)c2c(c1C)c1c3n2-c2cc(-c4cccc5c4oc4ccccc45)ccc2SC3CC(O)=C1O. The van der Waals surface area contributed by atoms with E-state index in [-0.39, 0.29) is 22.5 Å². The summed E-state index contributed by atoms with van der Waals surface area (Å²) in [5.41, 5.74) is 8.74. The molecule has 1 atom stereocenters. The minimum atomic E-state index is -0.0969. The number of para-hydroxylation sites is 2. The predicted molar refractivity (Wildman–Crippen MR) is 153 cm³/mol. The summed E-state index contributed by atoms with van der Waals surface area (Å²) in [4.78, 5) is 1.05. The van der Waals surface area contributed by atoms with Gasteiger partial charge in [-0.2, -0.15) is 0 Å². The Morgan fingerprint density at radius 2 is 1.74 bits per heavy atom. The lowest BCUT2D eigenvalue weighted by molar-refractivity contribution is 0.354. The second-order valence-corrected chi connectivity index (χ2v) is 11.5. The van der Waals surface area contributed by atoms with Crippen molar-refractivity contribution < 1.29 is 19.7 Å². The van der Waals surface area contributed by atoms with Crippen LogP contribution in [0.15, 0.2) is 81.8 Å². The second kappa shape index (κ2) is 7.39. The van der Waals surface area contributed by atoms with Crippen LogP contribution in [0.4, 0.5) is 0 Å². The minimum Gasteiger partial charge on any atom is -0.508 e. The number of benzene rings is 4. The Bertz CT molecular complexity index is 2040. The molecule has 5 nitrogen and oxygen atoms in total. The molecular weight excluding hydrogens is 494 g/mol. The molecule has 2 aromatic heterocycles. The number of aliphatic hydroxyl groups is 2. The van der Waals surface area contributed by atoms with Gasteiger partial charge in [0.2, 0.25) is 0 Å². The zero-order valence-electron chi connectivity index (χ0n) is 20.7. The first-order valence-corrected chi connectivity index (χ1v) is 13.5. The Kier molecular flexibility index (Phi) is 4.23. The van der Waals surface area contributed by atoms with Gasteiger partial charge in [-0.05, 0) is 54.8 Å². The number of aromatic nitrogens is 1. The van der Waals surface area contributed by atoms with Crippen molar-refractivity contribution >= 4 is 50.4 Å². The molecule has 8 rings (SSSR count). The van der Waals surface area contributed by atoms with Gasteiger partial charge in [0.1, 0.15) is 22.7 Å². The lowest BCUT2D eigenvalue weighted by Gasteiger charge is -2.31. The Morgan fingerprint density at radius 1 is 0.921 bits per heavy atom. The predicted octanol–water partition coefficient (Wildman–Crippen LogP) is 8.85. The van der Waals surface area contributed by atoms with Gasteiger partial charge in [0.15, 0.2) is 5.76 Å². The van der Waals surface area contributed by atoms with Crippen molar-refractivity contribution in [2.24, 2.45) is 0 Å². The average Bonchev–Trinajstić information content (AvgIpc) is 3.48. The molecule has 0 fully saturated rings. The Morgan fingerprint density at radius 3 is 2.61 bits per heavy atom. The summed E-state index contributed by atoms with van der Waals surface area (Å²) in [6.45, 7) is 3.95. The molecule has 0 bridgehead atoms. The monoisotopic (exact) mass is 517 g/mol. The first kappa shape index (κ1) is 21.8. The van der Waals surface area contributed by atoms with E-state index in [1.165, 1.54) is 0 Å². The van der Waals surface area contributed by atoms with Crippen molar-refractivity contribution in [1.29, 1.82) is 0 Å². The number of aliphatic hydroxyl groups excluding tert-OH is 2. The minimum absolute atomic E-state index is 0.00826. The molecular formula is C32H23NO4S. The molecule has 6 aromatic rings. The van der Waals surface area contributed by atoms with Gasteiger partial charge in [-0.3, -0.25) is 0 Å². The molecule has 0 spiro atoms. The van der Waals surface area contributed by atoms with E-state index in [9.17, 15) is 15.3 Å². The smallest absolute Gasteiger partial charge is 0.162 e. The first-order valence-electron chi connectivity index (χ1n) is 12.6. The second-order valence-electron chi connectivity index (χ2n) is 10.2. The van der Waals surface area contributed by atoms with E-state index in [1.54, 1.807) is 17.8 Å². The summed E-state index contributed by atoms with van der Waals surface area (Å²) in [6, 6.07) is 22.4. The van der Waals surface area contributed by atoms with Crippen LogP contribution in [-0.4, -0.2) is 19.9 Å². The van der Waals surface area contributed by atoms with Crippen molar-refractivity contribution in [3.05, 3.63) is 94.9 Å². The maximum atomic E-state index is 11.2. The largest absolute Gasteiger partial charge is 0.508 e. The molecule has 1 aliphatic carbocycles. The van der Waals surface area contributed by atoms with Crippen LogP contribution in [0, 0.1) is 13.8 Å². The number of aromatic hydroxyl groups is 1. The van der Waals surface area contributed by atoms with E-state index in [4.69, 9.17) is 4.42 Å². The normalized spacial score (nSPS) is 16.4. The standard InChI is InChI=1S/C32H23NO4S/c1-15-12-22(34)29-27(16(15)2)28-30-26(14-23(35)31(28)36)38-25-11-10-17(13-21(25)33(29)30)18-7-5-8-20-19-6-3-4-9-24(19)37-32(18)20/h3-13,26,34-36H,14H2,1-2H3. The van der Waals surface area contributed by atoms with E-state index in [0.29, 0.717) is 17.5 Å². The number of hydrogen-bond donors (Lipinski definition) is 3. The van der Waals surface area contributed by atoms with E-state index in [2.05, 4.69) is 47.0 Å². The lowest BCUT2D eigenvalue weighted by atomic mass is 9.94. The fraction of sp³-hybridized carbons (Fsp3) is 0.125. The summed E-state index contributed by atoms with van der Waals surface area (Å²) in [5.74, 6) is 0.0533. The molecule has 1 unspecified atom stereocenters. The molecule has 1 aliphatic heterocycles. The molecule has 0 saturated carbocycles. The molecule has 0 saturated heterocycles. The molecule has 3 N–H and O–H groups in total. The highest BCUT2D eigenvalue weighted by atomic mass is 32.2. The third-order valence-electron chi connectivity index (χ3n) is 8.15. The Labute approximate surface area is 222 Å². The highest BCUT2D eigenvalue weighted by Crippen LogP contribution is 2.57. The molecule has 2 aliphatic rings. The Hall–Kier alpha value is -4.29. The van der Waals surface area contributed by atoms with Gasteiger partial charge in [-0.1, -0.05) is 42.5 Å². The number of phenolic OH excluding ortho intramolecular Hbond substituents is 1. The first-order chi connectivity index (χ1) is 18.4. The maximum absolute atomic E-state index is 11.2. The average molecular weight is 518 g/mol. The van der Waals surface area contributed by atoms with Crippen LogP contribution in [0.25, 0.3) is 55.4 Å². The number of nitrogens with zero attached hydrogens (tertiary/aromatic N) is 1. The molecule has 38 heavy (non-hydrogen) atoms. The summed E-state index contributed by atoms with van der Waals surface area (Å²) in [5, 5.41) is 35.8. The topological polar surface area (TPSA) is 78.8 Å². The summed E-state index contributed by atoms with van der Waals surface area (Å²) >= 11 is 1.68. The molecule has 186 valence electrons. The molecule has 3 heterocycles. The highest BCUT2D eigenvalue weighted by molar-refractivity contribution is 7.99. The number of allylic oxidation sites excluding steroid dienone is 1. The third kappa shape index (κ3) is 2.68. The molecule has 0 radical (unpaired) electrons. The van der Waals surface area contributed by atoms with Crippen molar-refractivity contribution in [2.45, 2.75) is 30.4 Å². The van der Waals surface area contributed by atoms with Crippen LogP contribution in [0.5, 0.6) is 5.75 Å². The van der Waals surface area contributed by atoms with E-state index in [0.717, 1.165) is 65.9 Å². The fourth-order valence-corrected chi connectivity index (χ4v) is 7.57. The summed E-state index contributed by atoms with van der Waals surface area (Å²) in [7, 11) is 0. The third-order valence-corrected chi connectivity index (χ3v) is 9.42. The van der Waals surface area contributed by atoms with Gasteiger partial charge >= 0.3 is 0 Å². The van der Waals surface area contributed by atoms with E-state index in [1.807, 2.05) is 32.0 Å². The number of furan rings is 1. The fourth-order valence-electron chi connectivity index (χ4n) is 6.27. The van der Waals surface area contributed by atoms with Crippen LogP contribution < -0.4 is 0 Å². The number of fused-ring (bicyclic) bond motifs is 8. The van der Waals surface area contributed by atoms with Gasteiger partial charge in [-0.15, -0.1) is 11.8 Å². The van der Waals surface area contributed by atoms with Crippen molar-refractivity contribution in [3.63, 3.8) is 0 Å². The molecule has 6 heteroatoms. The number of thioether (sulfide) groups is 1. The van der Waals surface area contributed by atoms with Gasteiger partial charge in [-0.25, -0.2) is 0 Å². The lowest BCUT2D eigenvalue weighted by Crippen LogP contribution is -2.16. The zero-order valence-corrected chi connectivity index (χ0v) is 21.6. The van der Waals surface area contributed by atoms with E-state index < -0.39 is 0 Å². The van der Waals surface area contributed by atoms with Crippen molar-refractivity contribution in [1.82, 2.24) is 4.57 Å². The quantitative estimate of drug-likeness (QED) is 0.203. The highest BCUT2D eigenvalue weighted by Gasteiger charge is 2.39. The number of rotatable bonds is 1. The number of hydrogen-bond acceptors (Lipinski definition) is 5.